The number of rotatable bonds is 3. The summed E-state index contributed by atoms with van der Waals surface area (Å²) in [5.41, 5.74) is -1.28. The molecule has 0 aliphatic heterocycles. The predicted octanol–water partition coefficient (Wildman–Crippen LogP) is 1.03. The van der Waals surface area contributed by atoms with E-state index in [0.29, 0.717) is 0 Å². The molecule has 0 aromatic carbocycles. The SMILES string of the molecule is O=C(O)C(=CCC(F)(F)F)C(=O)O. The first-order chi connectivity index (χ1) is 5.74. The summed E-state index contributed by atoms with van der Waals surface area (Å²) in [4.78, 5) is 20.1. The van der Waals surface area contributed by atoms with Gasteiger partial charge in [-0.1, -0.05) is 6.08 Å². The van der Waals surface area contributed by atoms with Gasteiger partial charge in [0, 0.05) is 0 Å². The number of carbonyl (C=O) groups is 2. The maximum atomic E-state index is 11.5. The molecule has 0 saturated carbocycles. The van der Waals surface area contributed by atoms with Crippen molar-refractivity contribution >= 4 is 11.9 Å². The van der Waals surface area contributed by atoms with Crippen molar-refractivity contribution in [2.24, 2.45) is 0 Å². The number of hydrogen-bond donors (Lipinski definition) is 2. The molecule has 2 N–H and O–H groups in total. The van der Waals surface area contributed by atoms with Crippen molar-refractivity contribution in [1.82, 2.24) is 0 Å². The molecular weight excluding hydrogens is 193 g/mol. The number of alkyl halides is 3. The molecular formula is C6H5F3O4. The molecule has 0 amide bonds. The molecule has 7 heteroatoms. The second-order valence-electron chi connectivity index (χ2n) is 2.05. The van der Waals surface area contributed by atoms with E-state index in [1.54, 1.807) is 0 Å². The van der Waals surface area contributed by atoms with Gasteiger partial charge >= 0.3 is 18.1 Å². The van der Waals surface area contributed by atoms with Gasteiger partial charge in [0.25, 0.3) is 0 Å². The highest BCUT2D eigenvalue weighted by molar-refractivity contribution is 6.12. The molecule has 0 unspecified atom stereocenters. The fourth-order valence-corrected chi connectivity index (χ4v) is 0.484. The molecule has 0 aromatic heterocycles. The average Bonchev–Trinajstić information content (AvgIpc) is 1.82. The predicted molar refractivity (Wildman–Crippen MR) is 34.0 cm³/mol. The quantitative estimate of drug-likeness (QED) is 0.403. The summed E-state index contributed by atoms with van der Waals surface area (Å²) in [6, 6.07) is 0. The van der Waals surface area contributed by atoms with E-state index in [1.165, 1.54) is 0 Å². The van der Waals surface area contributed by atoms with E-state index >= 15 is 0 Å². The van der Waals surface area contributed by atoms with Crippen LogP contribution in [-0.4, -0.2) is 28.3 Å². The van der Waals surface area contributed by atoms with Crippen molar-refractivity contribution in [2.45, 2.75) is 12.6 Å². The highest BCUT2D eigenvalue weighted by Gasteiger charge is 2.27. The van der Waals surface area contributed by atoms with Gasteiger partial charge in [-0.2, -0.15) is 13.2 Å². The fraction of sp³-hybridized carbons (Fsp3) is 0.333. The molecule has 0 radical (unpaired) electrons. The molecule has 0 spiro atoms. The Hall–Kier alpha value is -1.53. The lowest BCUT2D eigenvalue weighted by Crippen LogP contribution is -2.13. The van der Waals surface area contributed by atoms with Crippen molar-refractivity contribution in [3.8, 4) is 0 Å². The van der Waals surface area contributed by atoms with Crippen LogP contribution < -0.4 is 0 Å². The molecule has 0 aliphatic carbocycles. The van der Waals surface area contributed by atoms with E-state index in [9.17, 15) is 22.8 Å². The summed E-state index contributed by atoms with van der Waals surface area (Å²) >= 11 is 0. The standard InChI is InChI=1S/C6H5F3O4/c7-6(8,9)2-1-3(4(10)11)5(12)13/h1H,2H2,(H,10,11)(H,12,13). The number of hydrogen-bond acceptors (Lipinski definition) is 2. The number of aliphatic carboxylic acids is 2. The van der Waals surface area contributed by atoms with Crippen LogP contribution in [0.15, 0.2) is 11.6 Å². The Morgan fingerprint density at radius 3 is 1.77 bits per heavy atom. The molecule has 74 valence electrons. The minimum atomic E-state index is -4.60. The topological polar surface area (TPSA) is 74.6 Å². The van der Waals surface area contributed by atoms with Crippen molar-refractivity contribution in [1.29, 1.82) is 0 Å². The Kier molecular flexibility index (Phi) is 3.46. The fourth-order valence-electron chi connectivity index (χ4n) is 0.484. The summed E-state index contributed by atoms with van der Waals surface area (Å²) in [5, 5.41) is 16.2. The summed E-state index contributed by atoms with van der Waals surface area (Å²) in [5.74, 6) is -3.78. The molecule has 13 heavy (non-hydrogen) atoms. The van der Waals surface area contributed by atoms with Gasteiger partial charge in [0.15, 0.2) is 0 Å². The van der Waals surface area contributed by atoms with E-state index in [1.807, 2.05) is 0 Å². The van der Waals surface area contributed by atoms with Crippen molar-refractivity contribution in [2.75, 3.05) is 0 Å². The molecule has 0 rings (SSSR count). The number of allylic oxidation sites excluding steroid dienone is 1. The number of carboxylic acid groups (broad SMARTS) is 2. The van der Waals surface area contributed by atoms with Crippen LogP contribution in [0.5, 0.6) is 0 Å². The van der Waals surface area contributed by atoms with Gasteiger partial charge in [-0.3, -0.25) is 0 Å². The first-order valence-electron chi connectivity index (χ1n) is 2.97. The lowest BCUT2D eigenvalue weighted by molar-refractivity contribution is -0.140. The monoisotopic (exact) mass is 198 g/mol. The number of halogens is 3. The molecule has 0 saturated heterocycles. The maximum absolute atomic E-state index is 11.5. The van der Waals surface area contributed by atoms with Crippen molar-refractivity contribution in [3.63, 3.8) is 0 Å². The lowest BCUT2D eigenvalue weighted by atomic mass is 10.2. The zero-order chi connectivity index (χ0) is 10.6. The molecule has 0 fully saturated rings. The minimum Gasteiger partial charge on any atom is -0.477 e. The Morgan fingerprint density at radius 2 is 1.54 bits per heavy atom. The molecule has 0 heterocycles. The van der Waals surface area contributed by atoms with Crippen LogP contribution in [0, 0.1) is 0 Å². The molecule has 4 nitrogen and oxygen atoms in total. The van der Waals surface area contributed by atoms with E-state index < -0.39 is 30.1 Å². The third-order valence-corrected chi connectivity index (χ3v) is 0.998. The summed E-state index contributed by atoms with van der Waals surface area (Å²) < 4.78 is 34.5. The van der Waals surface area contributed by atoms with Crippen molar-refractivity contribution in [3.05, 3.63) is 11.6 Å². The second-order valence-corrected chi connectivity index (χ2v) is 2.05. The van der Waals surface area contributed by atoms with Crippen LogP contribution in [-0.2, 0) is 9.59 Å². The van der Waals surface area contributed by atoms with Gasteiger partial charge in [-0.05, 0) is 0 Å². The smallest absolute Gasteiger partial charge is 0.392 e. The Bertz CT molecular complexity index is 237. The highest BCUT2D eigenvalue weighted by atomic mass is 19.4. The zero-order valence-electron chi connectivity index (χ0n) is 6.13. The zero-order valence-corrected chi connectivity index (χ0v) is 6.13. The summed E-state index contributed by atoms with van der Waals surface area (Å²) in [6.07, 6.45) is -6.05. The van der Waals surface area contributed by atoms with E-state index in [0.717, 1.165) is 0 Å². The average molecular weight is 198 g/mol. The van der Waals surface area contributed by atoms with Crippen LogP contribution in [0.1, 0.15) is 6.42 Å². The molecule has 0 aromatic rings. The third-order valence-electron chi connectivity index (χ3n) is 0.998. The Labute approximate surface area is 70.3 Å². The van der Waals surface area contributed by atoms with Gasteiger partial charge in [0.1, 0.15) is 5.57 Å². The van der Waals surface area contributed by atoms with E-state index in [4.69, 9.17) is 10.2 Å². The third kappa shape index (κ3) is 4.83. The van der Waals surface area contributed by atoms with Gasteiger partial charge < -0.3 is 10.2 Å². The van der Waals surface area contributed by atoms with Crippen molar-refractivity contribution < 1.29 is 33.0 Å². The summed E-state index contributed by atoms with van der Waals surface area (Å²) in [6.45, 7) is 0. The van der Waals surface area contributed by atoms with Crippen LogP contribution >= 0.6 is 0 Å². The Morgan fingerprint density at radius 1 is 1.15 bits per heavy atom. The largest absolute Gasteiger partial charge is 0.477 e. The molecule has 0 aliphatic rings. The van der Waals surface area contributed by atoms with Crippen LogP contribution in [0.25, 0.3) is 0 Å². The van der Waals surface area contributed by atoms with Crippen LogP contribution in [0.4, 0.5) is 13.2 Å². The molecule has 0 atom stereocenters. The van der Waals surface area contributed by atoms with Crippen LogP contribution in [0.2, 0.25) is 0 Å². The highest BCUT2D eigenvalue weighted by Crippen LogP contribution is 2.20. The van der Waals surface area contributed by atoms with Gasteiger partial charge in [-0.25, -0.2) is 9.59 Å². The van der Waals surface area contributed by atoms with E-state index in [2.05, 4.69) is 0 Å². The summed E-state index contributed by atoms with van der Waals surface area (Å²) in [7, 11) is 0. The van der Waals surface area contributed by atoms with E-state index in [-0.39, 0.29) is 6.08 Å². The Balaban J connectivity index is 4.57. The second kappa shape index (κ2) is 3.92. The normalized spacial score (nSPS) is 10.7. The lowest BCUT2D eigenvalue weighted by Gasteiger charge is -2.01. The van der Waals surface area contributed by atoms with Gasteiger partial charge in [-0.15, -0.1) is 0 Å². The molecule has 0 bridgehead atoms. The minimum absolute atomic E-state index is 0.116. The maximum Gasteiger partial charge on any atom is 0.392 e. The number of carboxylic acids is 2. The van der Waals surface area contributed by atoms with Gasteiger partial charge in [0.2, 0.25) is 0 Å². The first-order valence-corrected chi connectivity index (χ1v) is 2.97. The van der Waals surface area contributed by atoms with Crippen LogP contribution in [0.3, 0.4) is 0 Å². The first kappa shape index (κ1) is 11.5. The van der Waals surface area contributed by atoms with Gasteiger partial charge in [0.05, 0.1) is 6.42 Å².